The van der Waals surface area contributed by atoms with Gasteiger partial charge in [-0.15, -0.1) is 0 Å². The maximum absolute atomic E-state index is 12.1. The summed E-state index contributed by atoms with van der Waals surface area (Å²) < 4.78 is 0. The van der Waals surface area contributed by atoms with Crippen molar-refractivity contribution >= 4 is 16.6 Å². The summed E-state index contributed by atoms with van der Waals surface area (Å²) in [6.45, 7) is 8.42. The SMILES string of the molecule is Cc1c(CC(C)(C)C)c(=O)[nH]c2cc(N)ccc12. The van der Waals surface area contributed by atoms with Gasteiger partial charge in [0.15, 0.2) is 0 Å². The number of aromatic nitrogens is 1. The number of H-pyrrole nitrogens is 1. The minimum absolute atomic E-state index is 0.000486. The highest BCUT2D eigenvalue weighted by atomic mass is 16.1. The maximum Gasteiger partial charge on any atom is 0.251 e. The summed E-state index contributed by atoms with van der Waals surface area (Å²) in [5.74, 6) is 0. The molecule has 1 aromatic heterocycles. The van der Waals surface area contributed by atoms with E-state index >= 15 is 0 Å². The minimum atomic E-state index is 0.000486. The molecule has 2 aromatic rings. The fourth-order valence-corrected chi connectivity index (χ4v) is 2.27. The van der Waals surface area contributed by atoms with Crippen LogP contribution in [0.15, 0.2) is 23.0 Å². The zero-order valence-electron chi connectivity index (χ0n) is 11.4. The molecule has 3 heteroatoms. The summed E-state index contributed by atoms with van der Waals surface area (Å²) in [5, 5.41) is 1.07. The third-order valence-corrected chi connectivity index (χ3v) is 3.13. The van der Waals surface area contributed by atoms with Crippen molar-refractivity contribution in [3.05, 3.63) is 39.7 Å². The lowest BCUT2D eigenvalue weighted by atomic mass is 9.86. The van der Waals surface area contributed by atoms with Gasteiger partial charge in [0, 0.05) is 16.6 Å². The highest BCUT2D eigenvalue weighted by Crippen LogP contribution is 2.25. The summed E-state index contributed by atoms with van der Waals surface area (Å²) in [5.41, 5.74) is 9.26. The van der Waals surface area contributed by atoms with Gasteiger partial charge in [0.1, 0.15) is 0 Å². The molecule has 0 amide bonds. The van der Waals surface area contributed by atoms with Crippen LogP contribution in [0.5, 0.6) is 0 Å². The van der Waals surface area contributed by atoms with E-state index in [9.17, 15) is 4.79 Å². The minimum Gasteiger partial charge on any atom is -0.399 e. The van der Waals surface area contributed by atoms with Crippen LogP contribution in [-0.4, -0.2) is 4.98 Å². The standard InChI is InChI=1S/C15H20N2O/c1-9-11-6-5-10(16)7-13(11)17-14(18)12(9)8-15(2,3)4/h5-7H,8,16H2,1-4H3,(H,17,18). The smallest absolute Gasteiger partial charge is 0.251 e. The number of fused-ring (bicyclic) bond motifs is 1. The Bertz CT molecular complexity index is 648. The summed E-state index contributed by atoms with van der Waals surface area (Å²) in [7, 11) is 0. The molecule has 1 heterocycles. The first kappa shape index (κ1) is 12.7. The van der Waals surface area contributed by atoms with E-state index in [0.717, 1.165) is 28.5 Å². The molecule has 96 valence electrons. The van der Waals surface area contributed by atoms with E-state index in [1.165, 1.54) is 0 Å². The molecule has 0 saturated heterocycles. The van der Waals surface area contributed by atoms with Crippen LogP contribution in [0.25, 0.3) is 10.9 Å². The molecule has 3 nitrogen and oxygen atoms in total. The number of nitrogens with one attached hydrogen (secondary N) is 1. The lowest BCUT2D eigenvalue weighted by Gasteiger charge is -2.19. The molecule has 3 N–H and O–H groups in total. The molecule has 0 aliphatic heterocycles. The van der Waals surface area contributed by atoms with Crippen LogP contribution < -0.4 is 11.3 Å². The Morgan fingerprint density at radius 3 is 2.56 bits per heavy atom. The number of hydrogen-bond donors (Lipinski definition) is 2. The molecule has 0 spiro atoms. The van der Waals surface area contributed by atoms with Gasteiger partial charge in [-0.05, 0) is 36.5 Å². The van der Waals surface area contributed by atoms with E-state index in [-0.39, 0.29) is 11.0 Å². The van der Waals surface area contributed by atoms with Crippen LogP contribution >= 0.6 is 0 Å². The Kier molecular flexibility index (Phi) is 2.93. The van der Waals surface area contributed by atoms with E-state index in [1.54, 1.807) is 0 Å². The van der Waals surface area contributed by atoms with Gasteiger partial charge in [0.25, 0.3) is 5.56 Å². The first-order valence-corrected chi connectivity index (χ1v) is 6.19. The Morgan fingerprint density at radius 2 is 1.94 bits per heavy atom. The van der Waals surface area contributed by atoms with Crippen LogP contribution in [0.2, 0.25) is 0 Å². The molecule has 0 atom stereocenters. The number of aryl methyl sites for hydroxylation is 1. The number of benzene rings is 1. The lowest BCUT2D eigenvalue weighted by Crippen LogP contribution is -2.21. The Morgan fingerprint density at radius 1 is 1.28 bits per heavy atom. The van der Waals surface area contributed by atoms with Crippen molar-refractivity contribution < 1.29 is 0 Å². The van der Waals surface area contributed by atoms with Gasteiger partial charge in [-0.25, -0.2) is 0 Å². The van der Waals surface area contributed by atoms with Gasteiger partial charge in [-0.3, -0.25) is 4.79 Å². The molecule has 18 heavy (non-hydrogen) atoms. The van der Waals surface area contributed by atoms with Crippen molar-refractivity contribution in [2.75, 3.05) is 5.73 Å². The van der Waals surface area contributed by atoms with Gasteiger partial charge < -0.3 is 10.7 Å². The van der Waals surface area contributed by atoms with Crippen molar-refractivity contribution in [2.45, 2.75) is 34.1 Å². The first-order valence-electron chi connectivity index (χ1n) is 6.19. The monoisotopic (exact) mass is 244 g/mol. The number of nitrogen functional groups attached to an aromatic ring is 1. The molecular weight excluding hydrogens is 224 g/mol. The molecule has 0 unspecified atom stereocenters. The number of anilines is 1. The van der Waals surface area contributed by atoms with E-state index in [0.29, 0.717) is 5.69 Å². The number of nitrogens with two attached hydrogens (primary N) is 1. The first-order chi connectivity index (χ1) is 8.28. The lowest BCUT2D eigenvalue weighted by molar-refractivity contribution is 0.409. The van der Waals surface area contributed by atoms with Crippen LogP contribution in [0.1, 0.15) is 31.9 Å². The maximum atomic E-state index is 12.1. The summed E-state index contributed by atoms with van der Waals surface area (Å²) in [6.07, 6.45) is 0.772. The van der Waals surface area contributed by atoms with Crippen LogP contribution in [0, 0.1) is 12.3 Å². The van der Waals surface area contributed by atoms with Crippen LogP contribution in [0.3, 0.4) is 0 Å². The van der Waals surface area contributed by atoms with Gasteiger partial charge >= 0.3 is 0 Å². The molecule has 1 aromatic carbocycles. The molecule has 0 aliphatic carbocycles. The summed E-state index contributed by atoms with van der Waals surface area (Å²) in [6, 6.07) is 5.65. The highest BCUT2D eigenvalue weighted by Gasteiger charge is 2.17. The Balaban J connectivity index is 2.70. The average Bonchev–Trinajstić information content (AvgIpc) is 2.22. The van der Waals surface area contributed by atoms with Crippen molar-refractivity contribution in [1.82, 2.24) is 4.98 Å². The third-order valence-electron chi connectivity index (χ3n) is 3.13. The molecule has 0 fully saturated rings. The van der Waals surface area contributed by atoms with Gasteiger partial charge in [-0.1, -0.05) is 26.8 Å². The quantitative estimate of drug-likeness (QED) is 0.757. The Labute approximate surface area is 107 Å². The molecule has 0 aliphatic rings. The van der Waals surface area contributed by atoms with E-state index in [2.05, 4.69) is 25.8 Å². The second-order valence-corrected chi connectivity index (χ2v) is 6.10. The van der Waals surface area contributed by atoms with Crippen molar-refractivity contribution in [1.29, 1.82) is 0 Å². The summed E-state index contributed by atoms with van der Waals surface area (Å²) >= 11 is 0. The molecule has 0 bridgehead atoms. The topological polar surface area (TPSA) is 58.9 Å². The second-order valence-electron chi connectivity index (χ2n) is 6.10. The van der Waals surface area contributed by atoms with Gasteiger partial charge in [0.2, 0.25) is 0 Å². The van der Waals surface area contributed by atoms with Crippen LogP contribution in [0.4, 0.5) is 5.69 Å². The fraction of sp³-hybridized carbons (Fsp3) is 0.400. The largest absolute Gasteiger partial charge is 0.399 e. The van der Waals surface area contributed by atoms with Crippen molar-refractivity contribution in [2.24, 2.45) is 5.41 Å². The molecule has 2 rings (SSSR count). The molecular formula is C15H20N2O. The second kappa shape index (κ2) is 4.16. The van der Waals surface area contributed by atoms with E-state index in [1.807, 2.05) is 25.1 Å². The van der Waals surface area contributed by atoms with E-state index < -0.39 is 0 Å². The molecule has 0 radical (unpaired) electrons. The Hall–Kier alpha value is -1.77. The zero-order valence-corrected chi connectivity index (χ0v) is 11.4. The predicted octanol–water partition coefficient (Wildman–Crippen LogP) is 3.01. The number of hydrogen-bond acceptors (Lipinski definition) is 2. The normalized spacial score (nSPS) is 12.0. The predicted molar refractivity (Wildman–Crippen MR) is 76.9 cm³/mol. The van der Waals surface area contributed by atoms with Gasteiger partial charge in [-0.2, -0.15) is 0 Å². The van der Waals surface area contributed by atoms with Crippen LogP contribution in [-0.2, 0) is 6.42 Å². The van der Waals surface area contributed by atoms with Gasteiger partial charge in [0.05, 0.1) is 5.52 Å². The number of rotatable bonds is 1. The number of pyridine rings is 1. The number of aromatic amines is 1. The third kappa shape index (κ3) is 2.40. The highest BCUT2D eigenvalue weighted by molar-refractivity contribution is 5.85. The van der Waals surface area contributed by atoms with E-state index in [4.69, 9.17) is 5.73 Å². The fourth-order valence-electron chi connectivity index (χ4n) is 2.27. The molecule has 0 saturated carbocycles. The van der Waals surface area contributed by atoms with Crippen molar-refractivity contribution in [3.63, 3.8) is 0 Å². The van der Waals surface area contributed by atoms with Crippen molar-refractivity contribution in [3.8, 4) is 0 Å². The zero-order chi connectivity index (χ0) is 13.5. The summed E-state index contributed by atoms with van der Waals surface area (Å²) in [4.78, 5) is 15.1. The average molecular weight is 244 g/mol.